The lowest BCUT2D eigenvalue weighted by Gasteiger charge is -2.15. The van der Waals surface area contributed by atoms with Gasteiger partial charge in [0.05, 0.1) is 18.0 Å². The van der Waals surface area contributed by atoms with E-state index in [4.69, 9.17) is 10.00 Å². The highest BCUT2D eigenvalue weighted by atomic mass is 16.5. The summed E-state index contributed by atoms with van der Waals surface area (Å²) in [5.41, 5.74) is 0.848. The predicted octanol–water partition coefficient (Wildman–Crippen LogP) is 1.76. The normalized spacial score (nSPS) is 10.0. The van der Waals surface area contributed by atoms with E-state index in [0.717, 1.165) is 5.39 Å². The van der Waals surface area contributed by atoms with Crippen LogP contribution in [0.3, 0.4) is 0 Å². The molecule has 0 aliphatic carbocycles. The number of nitriles is 1. The number of likely N-dealkylation sites (N-methyl/N-ethyl adjacent to an activating group) is 1. The summed E-state index contributed by atoms with van der Waals surface area (Å²) in [5.74, 6) is -1.00. The number of hydrogen-bond donors (Lipinski definition) is 0. The highest BCUT2D eigenvalue weighted by Gasteiger charge is 2.14. The van der Waals surface area contributed by atoms with Gasteiger partial charge in [-0.25, -0.2) is 9.78 Å². The number of hydrogen-bond acceptors (Lipinski definition) is 5. The van der Waals surface area contributed by atoms with Crippen LogP contribution in [0.4, 0.5) is 0 Å². The largest absolute Gasteiger partial charge is 0.451 e. The molecule has 0 saturated carbocycles. The van der Waals surface area contributed by atoms with E-state index in [0.29, 0.717) is 12.1 Å². The summed E-state index contributed by atoms with van der Waals surface area (Å²) < 4.78 is 4.96. The molecule has 2 rings (SSSR count). The first kappa shape index (κ1) is 15.4. The number of fused-ring (bicyclic) bond motifs is 1. The lowest BCUT2D eigenvalue weighted by Crippen LogP contribution is -2.32. The number of para-hydroxylation sites is 1. The van der Waals surface area contributed by atoms with Gasteiger partial charge in [-0.3, -0.25) is 4.79 Å². The van der Waals surface area contributed by atoms with Gasteiger partial charge in [-0.05, 0) is 12.1 Å². The summed E-state index contributed by atoms with van der Waals surface area (Å²) in [6.45, 7) is -0.0591. The molecule has 0 spiro atoms. The van der Waals surface area contributed by atoms with E-state index in [9.17, 15) is 9.59 Å². The third-order valence-corrected chi connectivity index (χ3v) is 3.12. The Morgan fingerprint density at radius 3 is 2.82 bits per heavy atom. The third kappa shape index (κ3) is 3.79. The average molecular weight is 297 g/mol. The van der Waals surface area contributed by atoms with E-state index in [1.54, 1.807) is 25.2 Å². The molecule has 0 N–H and O–H groups in total. The zero-order valence-electron chi connectivity index (χ0n) is 12.2. The van der Waals surface area contributed by atoms with Crippen LogP contribution in [0, 0.1) is 11.3 Å². The molecular weight excluding hydrogens is 282 g/mol. The van der Waals surface area contributed by atoms with Crippen LogP contribution in [0.1, 0.15) is 16.9 Å². The number of carbonyl (C=O) groups is 2. The van der Waals surface area contributed by atoms with Crippen molar-refractivity contribution in [3.05, 3.63) is 42.1 Å². The van der Waals surface area contributed by atoms with E-state index in [-0.39, 0.29) is 24.6 Å². The molecule has 6 nitrogen and oxygen atoms in total. The Labute approximate surface area is 127 Å². The highest BCUT2D eigenvalue weighted by Crippen LogP contribution is 2.12. The first-order valence-corrected chi connectivity index (χ1v) is 6.75. The second-order valence-electron chi connectivity index (χ2n) is 4.69. The van der Waals surface area contributed by atoms with Gasteiger partial charge in [0.2, 0.25) is 0 Å². The summed E-state index contributed by atoms with van der Waals surface area (Å²) in [4.78, 5) is 29.2. The Morgan fingerprint density at radius 2 is 2.05 bits per heavy atom. The lowest BCUT2D eigenvalue weighted by atomic mass is 10.2. The molecule has 1 aromatic carbocycles. The summed E-state index contributed by atoms with van der Waals surface area (Å²) in [6.07, 6.45) is 0.239. The van der Waals surface area contributed by atoms with Crippen molar-refractivity contribution in [2.45, 2.75) is 6.42 Å². The molecule has 0 fully saturated rings. The first-order chi connectivity index (χ1) is 10.6. The standard InChI is InChI=1S/C16H15N3O3/c1-19(10-4-9-17)15(20)11-22-16(21)14-8-7-12-5-2-3-6-13(12)18-14/h2-3,5-8H,4,10-11H2,1H3. The van der Waals surface area contributed by atoms with Crippen LogP contribution in [0.25, 0.3) is 10.9 Å². The predicted molar refractivity (Wildman–Crippen MR) is 79.9 cm³/mol. The smallest absolute Gasteiger partial charge is 0.357 e. The van der Waals surface area contributed by atoms with E-state index in [2.05, 4.69) is 4.98 Å². The number of amides is 1. The van der Waals surface area contributed by atoms with Gasteiger partial charge in [0.1, 0.15) is 5.69 Å². The maximum atomic E-state index is 11.9. The molecule has 1 amide bonds. The molecule has 0 atom stereocenters. The van der Waals surface area contributed by atoms with E-state index >= 15 is 0 Å². The van der Waals surface area contributed by atoms with Gasteiger partial charge in [-0.1, -0.05) is 24.3 Å². The number of rotatable bonds is 5. The number of carbonyl (C=O) groups excluding carboxylic acids is 2. The zero-order valence-corrected chi connectivity index (χ0v) is 12.2. The van der Waals surface area contributed by atoms with Crippen LogP contribution in [0.5, 0.6) is 0 Å². The quantitative estimate of drug-likeness (QED) is 0.785. The van der Waals surface area contributed by atoms with Crippen LogP contribution in [0.15, 0.2) is 36.4 Å². The van der Waals surface area contributed by atoms with Crippen molar-refractivity contribution in [1.82, 2.24) is 9.88 Å². The summed E-state index contributed by atoms with van der Waals surface area (Å²) >= 11 is 0. The molecule has 1 heterocycles. The van der Waals surface area contributed by atoms with Crippen molar-refractivity contribution in [1.29, 1.82) is 5.26 Å². The number of pyridine rings is 1. The number of ether oxygens (including phenoxy) is 1. The minimum atomic E-state index is -0.646. The maximum absolute atomic E-state index is 11.9. The van der Waals surface area contributed by atoms with Crippen LogP contribution in [-0.4, -0.2) is 42.0 Å². The average Bonchev–Trinajstić information content (AvgIpc) is 2.56. The molecule has 1 aromatic heterocycles. The van der Waals surface area contributed by atoms with Crippen LogP contribution < -0.4 is 0 Å². The van der Waals surface area contributed by atoms with Crippen molar-refractivity contribution < 1.29 is 14.3 Å². The summed E-state index contributed by atoms with van der Waals surface area (Å²) in [6, 6.07) is 12.7. The number of aromatic nitrogens is 1. The number of benzene rings is 1. The van der Waals surface area contributed by atoms with Gasteiger partial charge in [-0.15, -0.1) is 0 Å². The van der Waals surface area contributed by atoms with Gasteiger partial charge in [0, 0.05) is 19.0 Å². The first-order valence-electron chi connectivity index (χ1n) is 6.75. The second-order valence-corrected chi connectivity index (χ2v) is 4.69. The molecule has 0 unspecified atom stereocenters. The number of nitrogens with zero attached hydrogens (tertiary/aromatic N) is 3. The Morgan fingerprint density at radius 1 is 1.27 bits per heavy atom. The van der Waals surface area contributed by atoms with Gasteiger partial charge >= 0.3 is 5.97 Å². The Bertz CT molecular complexity index is 737. The molecular formula is C16H15N3O3. The third-order valence-electron chi connectivity index (χ3n) is 3.12. The van der Waals surface area contributed by atoms with E-state index < -0.39 is 5.97 Å². The SMILES string of the molecule is CN(CCC#N)C(=O)COC(=O)c1ccc2ccccc2n1. The minimum Gasteiger partial charge on any atom is -0.451 e. The fraction of sp³-hybridized carbons (Fsp3) is 0.250. The summed E-state index contributed by atoms with van der Waals surface area (Å²) in [7, 11) is 1.56. The fourth-order valence-corrected chi connectivity index (χ4v) is 1.83. The van der Waals surface area contributed by atoms with E-state index in [1.165, 1.54) is 4.90 Å². The number of esters is 1. The van der Waals surface area contributed by atoms with Crippen molar-refractivity contribution in [2.24, 2.45) is 0 Å². The topological polar surface area (TPSA) is 83.3 Å². The Hall–Kier alpha value is -2.94. The molecule has 112 valence electrons. The molecule has 0 saturated heterocycles. The Balaban J connectivity index is 1.96. The van der Waals surface area contributed by atoms with Crippen LogP contribution in [0.2, 0.25) is 0 Å². The van der Waals surface area contributed by atoms with Gasteiger partial charge in [0.25, 0.3) is 5.91 Å². The molecule has 0 bridgehead atoms. The maximum Gasteiger partial charge on any atom is 0.357 e. The van der Waals surface area contributed by atoms with E-state index in [1.807, 2.05) is 24.3 Å². The highest BCUT2D eigenvalue weighted by molar-refractivity contribution is 5.92. The minimum absolute atomic E-state index is 0.158. The van der Waals surface area contributed by atoms with Crippen LogP contribution >= 0.6 is 0 Å². The van der Waals surface area contributed by atoms with Crippen molar-refractivity contribution in [3.8, 4) is 6.07 Å². The van der Waals surface area contributed by atoms with Crippen molar-refractivity contribution >= 4 is 22.8 Å². The molecule has 0 aliphatic rings. The fourth-order valence-electron chi connectivity index (χ4n) is 1.83. The van der Waals surface area contributed by atoms with Crippen molar-refractivity contribution in [2.75, 3.05) is 20.2 Å². The van der Waals surface area contributed by atoms with Gasteiger partial charge < -0.3 is 9.64 Å². The monoisotopic (exact) mass is 297 g/mol. The second kappa shape index (κ2) is 7.18. The zero-order chi connectivity index (χ0) is 15.9. The summed E-state index contributed by atoms with van der Waals surface area (Å²) in [5, 5.41) is 9.39. The molecule has 22 heavy (non-hydrogen) atoms. The molecule has 0 aliphatic heterocycles. The Kier molecular flexibility index (Phi) is 5.04. The lowest BCUT2D eigenvalue weighted by molar-refractivity contribution is -0.133. The van der Waals surface area contributed by atoms with Gasteiger partial charge in [0.15, 0.2) is 6.61 Å². The van der Waals surface area contributed by atoms with Crippen LogP contribution in [-0.2, 0) is 9.53 Å². The molecule has 6 heteroatoms. The molecule has 2 aromatic rings. The van der Waals surface area contributed by atoms with Crippen molar-refractivity contribution in [3.63, 3.8) is 0 Å². The van der Waals surface area contributed by atoms with Gasteiger partial charge in [-0.2, -0.15) is 5.26 Å². The molecule has 0 radical (unpaired) electrons.